The van der Waals surface area contributed by atoms with Gasteiger partial charge in [0.2, 0.25) is 5.95 Å². The largest absolute Gasteiger partial charge is 0.478 e. The molecule has 0 spiro atoms. The van der Waals surface area contributed by atoms with Crippen molar-refractivity contribution in [1.29, 1.82) is 0 Å². The van der Waals surface area contributed by atoms with Crippen molar-refractivity contribution in [2.45, 2.75) is 25.8 Å². The maximum absolute atomic E-state index is 13.2. The van der Waals surface area contributed by atoms with Crippen LogP contribution in [0.15, 0.2) is 36.5 Å². The van der Waals surface area contributed by atoms with Crippen LogP contribution in [0.1, 0.15) is 28.8 Å². The van der Waals surface area contributed by atoms with E-state index in [0.717, 1.165) is 21.0 Å². The van der Waals surface area contributed by atoms with Crippen LogP contribution in [0.25, 0.3) is 11.0 Å². The molecule has 0 amide bonds. The Morgan fingerprint density at radius 3 is 2.59 bits per heavy atom. The van der Waals surface area contributed by atoms with Gasteiger partial charge in [-0.3, -0.25) is 0 Å². The third kappa shape index (κ3) is 5.58. The number of benzene rings is 2. The average molecular weight is 510 g/mol. The Kier molecular flexibility index (Phi) is 6.93. The SMILES string of the molecule is CONC1CC1.Cc1cc(I)ccc1Nc1ccc2nc(F)cnc2c1C(=O)O. The zero-order valence-electron chi connectivity index (χ0n) is 15.9. The Morgan fingerprint density at radius 1 is 1.28 bits per heavy atom. The summed E-state index contributed by atoms with van der Waals surface area (Å²) >= 11 is 2.21. The average Bonchev–Trinajstić information content (AvgIpc) is 3.48. The molecule has 2 aromatic carbocycles. The van der Waals surface area contributed by atoms with Crippen molar-refractivity contribution >= 4 is 51.0 Å². The molecular weight excluding hydrogens is 490 g/mol. The van der Waals surface area contributed by atoms with Gasteiger partial charge in [0.05, 0.1) is 24.5 Å². The van der Waals surface area contributed by atoms with Gasteiger partial charge < -0.3 is 15.3 Å². The number of aryl methyl sites for hydroxylation is 1. The molecule has 0 radical (unpaired) electrons. The van der Waals surface area contributed by atoms with Gasteiger partial charge in [-0.1, -0.05) is 0 Å². The second kappa shape index (κ2) is 9.42. The van der Waals surface area contributed by atoms with Crippen LogP contribution in [0.3, 0.4) is 0 Å². The van der Waals surface area contributed by atoms with Gasteiger partial charge in [0.25, 0.3) is 0 Å². The number of anilines is 2. The second-order valence-corrected chi connectivity index (χ2v) is 7.78. The van der Waals surface area contributed by atoms with E-state index in [0.29, 0.717) is 11.7 Å². The predicted octanol–water partition coefficient (Wildman–Crippen LogP) is 4.42. The summed E-state index contributed by atoms with van der Waals surface area (Å²) < 4.78 is 14.3. The van der Waals surface area contributed by atoms with E-state index in [4.69, 9.17) is 0 Å². The summed E-state index contributed by atoms with van der Waals surface area (Å²) in [5.41, 5.74) is 5.29. The summed E-state index contributed by atoms with van der Waals surface area (Å²) in [6, 6.07) is 9.57. The summed E-state index contributed by atoms with van der Waals surface area (Å²) in [5, 5.41) is 12.6. The number of aromatic nitrogens is 2. The van der Waals surface area contributed by atoms with Crippen molar-refractivity contribution in [3.05, 3.63) is 57.2 Å². The molecule has 1 saturated carbocycles. The smallest absolute Gasteiger partial charge is 0.340 e. The number of carbonyl (C=O) groups is 1. The molecule has 0 bridgehead atoms. The second-order valence-electron chi connectivity index (χ2n) is 6.53. The van der Waals surface area contributed by atoms with Crippen molar-refractivity contribution in [2.75, 3.05) is 12.4 Å². The molecule has 29 heavy (non-hydrogen) atoms. The Balaban J connectivity index is 0.000000343. The lowest BCUT2D eigenvalue weighted by molar-refractivity contribution is 0.0700. The molecule has 0 unspecified atom stereocenters. The molecule has 0 atom stereocenters. The molecule has 1 aliphatic carbocycles. The van der Waals surface area contributed by atoms with Gasteiger partial charge in [0, 0.05) is 15.3 Å². The maximum atomic E-state index is 13.2. The van der Waals surface area contributed by atoms with E-state index in [1.165, 1.54) is 12.8 Å². The van der Waals surface area contributed by atoms with Gasteiger partial charge in [0.15, 0.2) is 0 Å². The van der Waals surface area contributed by atoms with E-state index in [1.54, 1.807) is 19.2 Å². The number of hydrogen-bond acceptors (Lipinski definition) is 6. The third-order valence-corrected chi connectivity index (χ3v) is 4.89. The fourth-order valence-electron chi connectivity index (χ4n) is 2.66. The highest BCUT2D eigenvalue weighted by Crippen LogP contribution is 2.29. The minimum absolute atomic E-state index is 0.0343. The summed E-state index contributed by atoms with van der Waals surface area (Å²) in [7, 11) is 1.65. The van der Waals surface area contributed by atoms with E-state index in [9.17, 15) is 14.3 Å². The van der Waals surface area contributed by atoms with Crippen LogP contribution in [0, 0.1) is 16.4 Å². The number of carboxylic acids is 1. The van der Waals surface area contributed by atoms with Crippen molar-refractivity contribution in [3.63, 3.8) is 0 Å². The first-order chi connectivity index (χ1) is 13.9. The van der Waals surface area contributed by atoms with Gasteiger partial charge in [-0.15, -0.1) is 0 Å². The minimum Gasteiger partial charge on any atom is -0.478 e. The maximum Gasteiger partial charge on any atom is 0.340 e. The lowest BCUT2D eigenvalue weighted by atomic mass is 10.1. The third-order valence-electron chi connectivity index (χ3n) is 4.22. The first-order valence-electron chi connectivity index (χ1n) is 8.89. The fourth-order valence-corrected chi connectivity index (χ4v) is 3.31. The number of rotatable bonds is 5. The van der Waals surface area contributed by atoms with Crippen LogP contribution in [0.5, 0.6) is 0 Å². The lowest BCUT2D eigenvalue weighted by Crippen LogP contribution is -2.12. The monoisotopic (exact) mass is 510 g/mol. The molecule has 1 aliphatic rings. The van der Waals surface area contributed by atoms with E-state index >= 15 is 0 Å². The van der Waals surface area contributed by atoms with Crippen LogP contribution in [-0.2, 0) is 4.84 Å². The van der Waals surface area contributed by atoms with Crippen LogP contribution >= 0.6 is 22.6 Å². The highest BCUT2D eigenvalue weighted by Gasteiger charge is 2.20. The standard InChI is InChI=1S/C16H11FIN3O2.C4H9NO/c1-8-6-9(18)2-3-10(8)20-11-4-5-12-15(14(11)16(22)23)19-7-13(17)21-12;1-6-5-4-2-3-4/h2-7,20H,1H3,(H,22,23);4-5H,2-3H2,1H3. The Hall–Kier alpha value is -2.37. The summed E-state index contributed by atoms with van der Waals surface area (Å²) in [6.45, 7) is 1.93. The van der Waals surface area contributed by atoms with Crippen molar-refractivity contribution in [3.8, 4) is 0 Å². The first kappa shape index (κ1) is 21.3. The van der Waals surface area contributed by atoms with Gasteiger partial charge >= 0.3 is 5.97 Å². The molecule has 0 aliphatic heterocycles. The van der Waals surface area contributed by atoms with E-state index < -0.39 is 11.9 Å². The van der Waals surface area contributed by atoms with Crippen LogP contribution in [-0.4, -0.2) is 34.2 Å². The van der Waals surface area contributed by atoms with E-state index in [2.05, 4.69) is 48.2 Å². The molecule has 7 nitrogen and oxygen atoms in total. The number of hydrogen-bond donors (Lipinski definition) is 3. The summed E-state index contributed by atoms with van der Waals surface area (Å²) in [4.78, 5) is 23.8. The Morgan fingerprint density at radius 2 is 2.00 bits per heavy atom. The number of halogens is 2. The molecule has 3 N–H and O–H groups in total. The lowest BCUT2D eigenvalue weighted by Gasteiger charge is -2.13. The van der Waals surface area contributed by atoms with Gasteiger partial charge in [-0.05, 0) is 78.3 Å². The topological polar surface area (TPSA) is 96.4 Å². The number of hydroxylamine groups is 1. The minimum atomic E-state index is -1.15. The van der Waals surface area contributed by atoms with Crippen LogP contribution in [0.4, 0.5) is 15.8 Å². The van der Waals surface area contributed by atoms with Crippen LogP contribution < -0.4 is 10.8 Å². The molecule has 152 valence electrons. The molecule has 1 heterocycles. The highest BCUT2D eigenvalue weighted by atomic mass is 127. The molecular formula is C20H20FIN4O3. The Labute approximate surface area is 180 Å². The van der Waals surface area contributed by atoms with Crippen molar-refractivity contribution in [1.82, 2.24) is 15.4 Å². The van der Waals surface area contributed by atoms with Crippen molar-refractivity contribution in [2.24, 2.45) is 0 Å². The zero-order valence-corrected chi connectivity index (χ0v) is 18.0. The number of carboxylic acid groups (broad SMARTS) is 1. The molecule has 1 aromatic heterocycles. The number of fused-ring (bicyclic) bond motifs is 1. The van der Waals surface area contributed by atoms with Crippen molar-refractivity contribution < 1.29 is 19.1 Å². The van der Waals surface area contributed by atoms with Crippen LogP contribution in [0.2, 0.25) is 0 Å². The van der Waals surface area contributed by atoms with E-state index in [-0.39, 0.29) is 16.6 Å². The van der Waals surface area contributed by atoms with Gasteiger partial charge in [-0.25, -0.2) is 14.8 Å². The fraction of sp³-hybridized carbons (Fsp3) is 0.250. The van der Waals surface area contributed by atoms with Gasteiger partial charge in [-0.2, -0.15) is 9.87 Å². The summed E-state index contributed by atoms with van der Waals surface area (Å²) in [5.74, 6) is -1.90. The molecule has 9 heteroatoms. The first-order valence-corrected chi connectivity index (χ1v) is 9.97. The Bertz CT molecular complexity index is 1040. The normalized spacial score (nSPS) is 13.0. The number of nitrogens with one attached hydrogen (secondary N) is 2. The molecule has 0 saturated heterocycles. The quantitative estimate of drug-likeness (QED) is 0.346. The number of nitrogens with zero attached hydrogens (tertiary/aromatic N) is 2. The summed E-state index contributed by atoms with van der Waals surface area (Å²) in [6.07, 6.45) is 3.48. The molecule has 1 fully saturated rings. The molecule has 3 aromatic rings. The molecule has 4 rings (SSSR count). The highest BCUT2D eigenvalue weighted by molar-refractivity contribution is 14.1. The predicted molar refractivity (Wildman–Crippen MR) is 117 cm³/mol. The zero-order chi connectivity index (χ0) is 21.0. The van der Waals surface area contributed by atoms with Gasteiger partial charge in [0.1, 0.15) is 11.1 Å². The van der Waals surface area contributed by atoms with E-state index in [1.807, 2.05) is 25.1 Å². The number of aromatic carboxylic acids is 1.